The zero-order chi connectivity index (χ0) is 17.2. The van der Waals surface area contributed by atoms with Crippen LogP contribution in [0.2, 0.25) is 0 Å². The van der Waals surface area contributed by atoms with Gasteiger partial charge in [0.05, 0.1) is 24.1 Å². The molecule has 134 valence electrons. The first kappa shape index (κ1) is 16.5. The summed E-state index contributed by atoms with van der Waals surface area (Å²) in [5.74, 6) is 0.670. The van der Waals surface area contributed by atoms with E-state index in [1.54, 1.807) is 6.33 Å². The topological polar surface area (TPSA) is 50.7 Å². The van der Waals surface area contributed by atoms with Gasteiger partial charge < -0.3 is 14.4 Å². The first-order valence-electron chi connectivity index (χ1n) is 9.19. The van der Waals surface area contributed by atoms with E-state index in [0.29, 0.717) is 18.5 Å². The van der Waals surface area contributed by atoms with Gasteiger partial charge >= 0.3 is 0 Å². The minimum atomic E-state index is 0.0938. The molecule has 1 aromatic heterocycles. The summed E-state index contributed by atoms with van der Waals surface area (Å²) in [6.07, 6.45) is 2.59. The highest BCUT2D eigenvalue weighted by molar-refractivity contribution is 5.86. The maximum Gasteiger partial charge on any atom is 0.224 e. The van der Waals surface area contributed by atoms with Gasteiger partial charge in [-0.25, -0.2) is 9.97 Å². The number of fused-ring (bicyclic) bond motifs is 1. The largest absolute Gasteiger partial charge is 0.471 e. The molecular weight excluding hydrogens is 316 g/mol. The van der Waals surface area contributed by atoms with Gasteiger partial charge in [0, 0.05) is 44.3 Å². The molecule has 0 spiro atoms. The van der Waals surface area contributed by atoms with E-state index >= 15 is 0 Å². The summed E-state index contributed by atoms with van der Waals surface area (Å²) >= 11 is 0. The fraction of sp³-hybridized carbons (Fsp3) is 0.579. The lowest BCUT2D eigenvalue weighted by Gasteiger charge is -2.38. The standard InChI is InChI=1S/C19H26N4O2/c1-14(2)22-6-8-23(9-7-22)15-3-4-18-17(11-15)19(21-13-20-18)25-16-5-10-24-12-16/h3-4,11,13-14,16H,5-10,12H2,1-2H3. The van der Waals surface area contributed by atoms with Crippen molar-refractivity contribution in [3.8, 4) is 5.88 Å². The van der Waals surface area contributed by atoms with E-state index in [1.807, 2.05) is 0 Å². The average molecular weight is 342 g/mol. The van der Waals surface area contributed by atoms with Crippen LogP contribution in [0.3, 0.4) is 0 Å². The van der Waals surface area contributed by atoms with E-state index < -0.39 is 0 Å². The number of piperazine rings is 1. The number of aromatic nitrogens is 2. The molecule has 0 radical (unpaired) electrons. The van der Waals surface area contributed by atoms with Gasteiger partial charge in [0.15, 0.2) is 0 Å². The minimum Gasteiger partial charge on any atom is -0.471 e. The number of ether oxygens (including phenoxy) is 2. The molecule has 6 heteroatoms. The number of benzene rings is 1. The monoisotopic (exact) mass is 342 g/mol. The van der Waals surface area contributed by atoms with Crippen LogP contribution < -0.4 is 9.64 Å². The minimum absolute atomic E-state index is 0.0938. The third-order valence-corrected chi connectivity index (χ3v) is 5.16. The van der Waals surface area contributed by atoms with Crippen LogP contribution in [-0.2, 0) is 4.74 Å². The SMILES string of the molecule is CC(C)N1CCN(c2ccc3ncnc(OC4CCOC4)c3c2)CC1. The molecule has 25 heavy (non-hydrogen) atoms. The molecule has 2 saturated heterocycles. The fourth-order valence-corrected chi connectivity index (χ4v) is 3.57. The van der Waals surface area contributed by atoms with E-state index in [4.69, 9.17) is 9.47 Å². The van der Waals surface area contributed by atoms with E-state index in [9.17, 15) is 0 Å². The Morgan fingerprint density at radius 2 is 2.00 bits per heavy atom. The van der Waals surface area contributed by atoms with Crippen LogP contribution >= 0.6 is 0 Å². The lowest BCUT2D eigenvalue weighted by molar-refractivity contribution is 0.139. The van der Waals surface area contributed by atoms with Crippen LogP contribution in [-0.4, -0.2) is 66.4 Å². The molecule has 2 aliphatic heterocycles. The Kier molecular flexibility index (Phi) is 4.72. The summed E-state index contributed by atoms with van der Waals surface area (Å²) < 4.78 is 11.5. The van der Waals surface area contributed by atoms with Gasteiger partial charge in [-0.05, 0) is 32.0 Å². The lowest BCUT2D eigenvalue weighted by Crippen LogP contribution is -2.48. The second-order valence-corrected chi connectivity index (χ2v) is 7.10. The smallest absolute Gasteiger partial charge is 0.224 e. The van der Waals surface area contributed by atoms with E-state index in [-0.39, 0.29) is 6.10 Å². The van der Waals surface area contributed by atoms with Gasteiger partial charge in [0.1, 0.15) is 12.4 Å². The number of nitrogens with zero attached hydrogens (tertiary/aromatic N) is 4. The Bertz CT molecular complexity index is 722. The van der Waals surface area contributed by atoms with Gasteiger partial charge in [0.2, 0.25) is 5.88 Å². The molecule has 0 aliphatic carbocycles. The van der Waals surface area contributed by atoms with Crippen molar-refractivity contribution in [1.29, 1.82) is 0 Å². The first-order valence-corrected chi connectivity index (χ1v) is 9.19. The summed E-state index contributed by atoms with van der Waals surface area (Å²) in [6.45, 7) is 10.2. The van der Waals surface area contributed by atoms with Crippen LogP contribution in [0.1, 0.15) is 20.3 Å². The van der Waals surface area contributed by atoms with Crippen molar-refractivity contribution in [2.24, 2.45) is 0 Å². The van der Waals surface area contributed by atoms with E-state index in [1.165, 1.54) is 5.69 Å². The van der Waals surface area contributed by atoms with Gasteiger partial charge in [-0.1, -0.05) is 0 Å². The number of anilines is 1. The molecule has 2 aliphatic rings. The van der Waals surface area contributed by atoms with Crippen LogP contribution in [0, 0.1) is 0 Å². The van der Waals surface area contributed by atoms with Crippen molar-refractivity contribution in [1.82, 2.24) is 14.9 Å². The van der Waals surface area contributed by atoms with Crippen molar-refractivity contribution in [3.63, 3.8) is 0 Å². The Labute approximate surface area is 148 Å². The van der Waals surface area contributed by atoms with Crippen LogP contribution in [0.25, 0.3) is 10.9 Å². The molecule has 2 aromatic rings. The fourth-order valence-electron chi connectivity index (χ4n) is 3.57. The van der Waals surface area contributed by atoms with E-state index in [2.05, 4.69) is 51.8 Å². The lowest BCUT2D eigenvalue weighted by atomic mass is 10.1. The van der Waals surface area contributed by atoms with Gasteiger partial charge in [-0.2, -0.15) is 0 Å². The highest BCUT2D eigenvalue weighted by atomic mass is 16.5. The van der Waals surface area contributed by atoms with Crippen LogP contribution in [0.4, 0.5) is 5.69 Å². The third-order valence-electron chi connectivity index (χ3n) is 5.16. The number of hydrogen-bond donors (Lipinski definition) is 0. The predicted octanol–water partition coefficient (Wildman–Crippen LogP) is 2.33. The molecule has 4 rings (SSSR count). The van der Waals surface area contributed by atoms with Crippen LogP contribution in [0.5, 0.6) is 5.88 Å². The molecule has 1 atom stereocenters. The number of rotatable bonds is 4. The molecule has 1 aromatic carbocycles. The molecule has 0 bridgehead atoms. The van der Waals surface area contributed by atoms with Gasteiger partial charge in [0.25, 0.3) is 0 Å². The summed E-state index contributed by atoms with van der Waals surface area (Å²) in [5, 5.41) is 0.984. The molecular formula is C19H26N4O2. The summed E-state index contributed by atoms with van der Waals surface area (Å²) in [7, 11) is 0. The zero-order valence-corrected chi connectivity index (χ0v) is 15.0. The van der Waals surface area contributed by atoms with Gasteiger partial charge in [-0.15, -0.1) is 0 Å². The Balaban J connectivity index is 1.56. The summed E-state index contributed by atoms with van der Waals surface area (Å²) in [4.78, 5) is 13.7. The highest BCUT2D eigenvalue weighted by Gasteiger charge is 2.21. The maximum absolute atomic E-state index is 6.08. The van der Waals surface area contributed by atoms with Crippen molar-refractivity contribution in [2.75, 3.05) is 44.3 Å². The zero-order valence-electron chi connectivity index (χ0n) is 15.0. The van der Waals surface area contributed by atoms with Crippen molar-refractivity contribution < 1.29 is 9.47 Å². The Hall–Kier alpha value is -1.92. The van der Waals surface area contributed by atoms with Crippen molar-refractivity contribution >= 4 is 16.6 Å². The molecule has 0 N–H and O–H groups in total. The molecule has 2 fully saturated rings. The third kappa shape index (κ3) is 3.55. The normalized spacial score (nSPS) is 22.0. The van der Waals surface area contributed by atoms with E-state index in [0.717, 1.165) is 50.1 Å². The van der Waals surface area contributed by atoms with Crippen LogP contribution in [0.15, 0.2) is 24.5 Å². The molecule has 3 heterocycles. The Morgan fingerprint density at radius 3 is 2.72 bits per heavy atom. The first-order chi connectivity index (χ1) is 12.2. The second-order valence-electron chi connectivity index (χ2n) is 7.10. The quantitative estimate of drug-likeness (QED) is 0.850. The summed E-state index contributed by atoms with van der Waals surface area (Å²) in [6, 6.07) is 7.01. The maximum atomic E-state index is 6.08. The second kappa shape index (κ2) is 7.14. The van der Waals surface area contributed by atoms with Gasteiger partial charge in [-0.3, -0.25) is 4.90 Å². The highest BCUT2D eigenvalue weighted by Crippen LogP contribution is 2.28. The predicted molar refractivity (Wildman–Crippen MR) is 98.3 cm³/mol. The molecule has 1 unspecified atom stereocenters. The summed E-state index contributed by atoms with van der Waals surface area (Å²) in [5.41, 5.74) is 2.15. The average Bonchev–Trinajstić information content (AvgIpc) is 3.15. The molecule has 6 nitrogen and oxygen atoms in total. The molecule has 0 saturated carbocycles. The molecule has 0 amide bonds. The van der Waals surface area contributed by atoms with Crippen molar-refractivity contribution in [3.05, 3.63) is 24.5 Å². The number of hydrogen-bond acceptors (Lipinski definition) is 6. The van der Waals surface area contributed by atoms with Crippen molar-refractivity contribution in [2.45, 2.75) is 32.4 Å². The Morgan fingerprint density at radius 1 is 1.16 bits per heavy atom.